The first-order valence-electron chi connectivity index (χ1n) is 15.4. The van der Waals surface area contributed by atoms with E-state index < -0.39 is 5.60 Å². The van der Waals surface area contributed by atoms with Gasteiger partial charge in [-0.25, -0.2) is 10.1 Å². The number of nitrogens with zero attached hydrogens (tertiary/aromatic N) is 5. The molecule has 222 valence electrons. The third kappa shape index (κ3) is 6.00. The molecule has 43 heavy (non-hydrogen) atoms. The number of aryl methyl sites for hydroxylation is 1. The normalized spacial score (nSPS) is 16.5. The number of fused-ring (bicyclic) bond motifs is 1. The zero-order valence-corrected chi connectivity index (χ0v) is 24.9. The molecular formula is C34H39N7O2. The van der Waals surface area contributed by atoms with Crippen molar-refractivity contribution in [2.45, 2.75) is 77.0 Å². The molecule has 9 heteroatoms. The summed E-state index contributed by atoms with van der Waals surface area (Å²) < 4.78 is 1.81. The van der Waals surface area contributed by atoms with E-state index in [-0.39, 0.29) is 11.6 Å². The Kier molecular flexibility index (Phi) is 8.44. The first kappa shape index (κ1) is 28.9. The second-order valence-electron chi connectivity index (χ2n) is 11.6. The van der Waals surface area contributed by atoms with Crippen LogP contribution >= 0.6 is 0 Å². The van der Waals surface area contributed by atoms with Crippen molar-refractivity contribution in [3.63, 3.8) is 0 Å². The van der Waals surface area contributed by atoms with Gasteiger partial charge in [0.05, 0.1) is 23.0 Å². The molecule has 0 saturated carbocycles. The van der Waals surface area contributed by atoms with Crippen LogP contribution in [-0.4, -0.2) is 47.9 Å². The van der Waals surface area contributed by atoms with Gasteiger partial charge in [-0.15, -0.1) is 5.10 Å². The minimum atomic E-state index is -0.998. The van der Waals surface area contributed by atoms with Crippen LogP contribution in [0.15, 0.2) is 71.5 Å². The molecule has 9 nitrogen and oxygen atoms in total. The summed E-state index contributed by atoms with van der Waals surface area (Å²) in [6.45, 7) is 5.56. The van der Waals surface area contributed by atoms with Crippen molar-refractivity contribution in [1.29, 1.82) is 0 Å². The van der Waals surface area contributed by atoms with Gasteiger partial charge >= 0.3 is 0 Å². The summed E-state index contributed by atoms with van der Waals surface area (Å²) in [7, 11) is 0. The van der Waals surface area contributed by atoms with Gasteiger partial charge in [-0.2, -0.15) is 0 Å². The molecule has 1 fully saturated rings. The Balaban J connectivity index is 1.34. The molecule has 3 aromatic carbocycles. The number of aromatic nitrogens is 6. The number of benzene rings is 3. The second-order valence-corrected chi connectivity index (χ2v) is 11.6. The third-order valence-electron chi connectivity index (χ3n) is 8.79. The maximum absolute atomic E-state index is 14.1. The first-order chi connectivity index (χ1) is 21.0. The van der Waals surface area contributed by atoms with E-state index in [0.29, 0.717) is 36.1 Å². The van der Waals surface area contributed by atoms with Gasteiger partial charge in [0.1, 0.15) is 5.82 Å². The maximum Gasteiger partial charge on any atom is 0.261 e. The van der Waals surface area contributed by atoms with Crippen molar-refractivity contribution >= 4 is 10.9 Å². The van der Waals surface area contributed by atoms with Crippen molar-refractivity contribution in [1.82, 2.24) is 35.5 Å². The highest BCUT2D eigenvalue weighted by Gasteiger charge is 2.32. The molecule has 0 aliphatic carbocycles. The van der Waals surface area contributed by atoms with E-state index in [0.717, 1.165) is 72.3 Å². The summed E-state index contributed by atoms with van der Waals surface area (Å²) in [6.07, 6.45) is 6.10. The quantitative estimate of drug-likeness (QED) is 0.193. The monoisotopic (exact) mass is 577 g/mol. The largest absolute Gasteiger partial charge is 0.385 e. The van der Waals surface area contributed by atoms with Crippen LogP contribution in [0.25, 0.3) is 33.4 Å². The number of rotatable bonds is 11. The Bertz CT molecular complexity index is 1740. The van der Waals surface area contributed by atoms with Crippen LogP contribution in [0.5, 0.6) is 0 Å². The van der Waals surface area contributed by atoms with Crippen LogP contribution in [0.1, 0.15) is 69.3 Å². The highest BCUT2D eigenvalue weighted by atomic mass is 16.3. The maximum atomic E-state index is 14.1. The van der Waals surface area contributed by atoms with Gasteiger partial charge in [0.25, 0.3) is 5.56 Å². The Labute approximate surface area is 251 Å². The average Bonchev–Trinajstić information content (AvgIpc) is 3.77. The molecule has 5 aromatic rings. The zero-order chi connectivity index (χ0) is 29.8. The van der Waals surface area contributed by atoms with Gasteiger partial charge in [0.15, 0.2) is 5.82 Å². The zero-order valence-electron chi connectivity index (χ0n) is 24.9. The number of hydrogen-bond donors (Lipinski definition) is 3. The number of unbranched alkanes of at least 4 members (excludes halogenated alkanes) is 1. The van der Waals surface area contributed by atoms with Gasteiger partial charge in [0, 0.05) is 18.0 Å². The molecule has 1 aliphatic rings. The predicted molar refractivity (Wildman–Crippen MR) is 169 cm³/mol. The molecular weight excluding hydrogens is 538 g/mol. The van der Waals surface area contributed by atoms with Crippen LogP contribution < -0.4 is 10.9 Å². The lowest BCUT2D eigenvalue weighted by Crippen LogP contribution is -2.35. The average molecular weight is 578 g/mol. The van der Waals surface area contributed by atoms with Crippen LogP contribution in [0.2, 0.25) is 0 Å². The lowest BCUT2D eigenvalue weighted by Gasteiger charge is -2.30. The standard InChI is InChI=1S/C34H39N7O2/c1-3-5-12-31-36-30-18-17-25(34(43,4-2)21-26-9-8-19-35-26)20-29(30)33(42)41(31)22-23-13-15-24(16-14-23)27-10-6-7-11-28(27)32-37-39-40-38-32/h6-7,10-11,13-18,20,26,35,43H,3-5,8-9,12,19,21-22H2,1-2H3,(H,37,38,39,40). The van der Waals surface area contributed by atoms with Crippen molar-refractivity contribution in [2.24, 2.45) is 0 Å². The topological polar surface area (TPSA) is 122 Å². The molecule has 1 aliphatic heterocycles. The van der Waals surface area contributed by atoms with Gasteiger partial charge < -0.3 is 10.4 Å². The Morgan fingerprint density at radius 2 is 1.86 bits per heavy atom. The van der Waals surface area contributed by atoms with Crippen molar-refractivity contribution in [3.05, 3.63) is 94.0 Å². The third-order valence-corrected chi connectivity index (χ3v) is 8.79. The molecule has 1 saturated heterocycles. The Hall–Kier alpha value is -4.21. The highest BCUT2D eigenvalue weighted by Crippen LogP contribution is 2.34. The second kappa shape index (κ2) is 12.6. The molecule has 2 atom stereocenters. The lowest BCUT2D eigenvalue weighted by molar-refractivity contribution is 0.0150. The molecule has 3 N–H and O–H groups in total. The molecule has 0 spiro atoms. The number of H-pyrrole nitrogens is 1. The van der Waals surface area contributed by atoms with Crippen LogP contribution in [0, 0.1) is 0 Å². The molecule has 2 aromatic heterocycles. The summed E-state index contributed by atoms with van der Waals surface area (Å²) >= 11 is 0. The predicted octanol–water partition coefficient (Wildman–Crippen LogP) is 5.37. The van der Waals surface area contributed by atoms with Crippen LogP contribution in [0.3, 0.4) is 0 Å². The van der Waals surface area contributed by atoms with Crippen molar-refractivity contribution in [2.75, 3.05) is 6.54 Å². The van der Waals surface area contributed by atoms with E-state index in [9.17, 15) is 9.90 Å². The van der Waals surface area contributed by atoms with E-state index in [1.807, 2.05) is 54.0 Å². The van der Waals surface area contributed by atoms with Crippen LogP contribution in [-0.2, 0) is 18.6 Å². The van der Waals surface area contributed by atoms with Gasteiger partial charge in [-0.3, -0.25) is 9.36 Å². The summed E-state index contributed by atoms with van der Waals surface area (Å²) in [5, 5.41) is 30.1. The Morgan fingerprint density at radius 1 is 1.05 bits per heavy atom. The number of hydrogen-bond acceptors (Lipinski definition) is 7. The van der Waals surface area contributed by atoms with E-state index in [2.05, 4.69) is 57.1 Å². The van der Waals surface area contributed by atoms with Gasteiger partial charge in [-0.05, 0) is 83.5 Å². The summed E-state index contributed by atoms with van der Waals surface area (Å²) in [6, 6.07) is 22.3. The van der Waals surface area contributed by atoms with E-state index in [4.69, 9.17) is 4.98 Å². The van der Waals surface area contributed by atoms with E-state index in [1.54, 1.807) is 0 Å². The number of aromatic amines is 1. The van der Waals surface area contributed by atoms with E-state index >= 15 is 0 Å². The fourth-order valence-corrected chi connectivity index (χ4v) is 6.24. The summed E-state index contributed by atoms with van der Waals surface area (Å²) in [4.78, 5) is 19.1. The molecule has 0 amide bonds. The lowest BCUT2D eigenvalue weighted by atomic mass is 9.84. The summed E-state index contributed by atoms with van der Waals surface area (Å²) in [5.41, 5.74) is 4.39. The Morgan fingerprint density at radius 3 is 2.56 bits per heavy atom. The molecule has 0 bridgehead atoms. The van der Waals surface area contributed by atoms with Gasteiger partial charge in [0.2, 0.25) is 0 Å². The fourth-order valence-electron chi connectivity index (χ4n) is 6.24. The number of tetrazole rings is 1. The first-order valence-corrected chi connectivity index (χ1v) is 15.4. The van der Waals surface area contributed by atoms with Crippen LogP contribution in [0.4, 0.5) is 0 Å². The highest BCUT2D eigenvalue weighted by molar-refractivity contribution is 5.80. The molecule has 2 unspecified atom stereocenters. The van der Waals surface area contributed by atoms with Crippen molar-refractivity contribution < 1.29 is 5.11 Å². The SMILES string of the molecule is CCCCc1nc2ccc(C(O)(CC)CC3CCCN3)cc2c(=O)n1Cc1ccc(-c2ccccc2-c2nnn[nH]2)cc1. The molecule has 6 rings (SSSR count). The fraction of sp³-hybridized carbons (Fsp3) is 0.382. The molecule has 0 radical (unpaired) electrons. The smallest absolute Gasteiger partial charge is 0.261 e. The number of aliphatic hydroxyl groups is 1. The number of nitrogens with one attached hydrogen (secondary N) is 2. The minimum absolute atomic E-state index is 0.0670. The van der Waals surface area contributed by atoms with Gasteiger partial charge in [-0.1, -0.05) is 74.9 Å². The van der Waals surface area contributed by atoms with E-state index in [1.165, 1.54) is 0 Å². The minimum Gasteiger partial charge on any atom is -0.385 e. The van der Waals surface area contributed by atoms with Crippen molar-refractivity contribution in [3.8, 4) is 22.5 Å². The summed E-state index contributed by atoms with van der Waals surface area (Å²) in [5.74, 6) is 1.41. The molecule has 3 heterocycles.